The van der Waals surface area contributed by atoms with E-state index in [1.54, 1.807) is 0 Å². The minimum atomic E-state index is -4.64. The fourth-order valence-corrected chi connectivity index (χ4v) is 2.10. The summed E-state index contributed by atoms with van der Waals surface area (Å²) in [6, 6.07) is 5.70. The van der Waals surface area contributed by atoms with E-state index in [9.17, 15) is 32.7 Å². The van der Waals surface area contributed by atoms with Crippen molar-refractivity contribution in [1.29, 1.82) is 0 Å². The molecule has 0 bridgehead atoms. The summed E-state index contributed by atoms with van der Waals surface area (Å²) in [4.78, 5) is 37.6. The van der Waals surface area contributed by atoms with Crippen molar-refractivity contribution in [2.24, 2.45) is 0 Å². The number of benzene rings is 1. The Hall–Kier alpha value is -3.10. The van der Waals surface area contributed by atoms with Crippen LogP contribution in [0.25, 0.3) is 0 Å². The summed E-state index contributed by atoms with van der Waals surface area (Å²) in [5, 5.41) is 9.18. The van der Waals surface area contributed by atoms with E-state index >= 15 is 0 Å². The second-order valence-electron chi connectivity index (χ2n) is 4.79. The zero-order valence-corrected chi connectivity index (χ0v) is 12.2. The number of nitrogens with one attached hydrogen (secondary N) is 1. The number of aromatic amines is 1. The third-order valence-corrected chi connectivity index (χ3v) is 3.10. The van der Waals surface area contributed by atoms with Crippen LogP contribution in [-0.2, 0) is 11.0 Å². The molecule has 0 saturated carbocycles. The molecule has 0 unspecified atom stereocenters. The van der Waals surface area contributed by atoms with Gasteiger partial charge in [-0.1, -0.05) is 6.07 Å². The van der Waals surface area contributed by atoms with Crippen LogP contribution in [0.4, 0.5) is 24.7 Å². The smallest absolute Gasteiger partial charge is 0.416 e. The zero-order valence-electron chi connectivity index (χ0n) is 12.2. The first-order chi connectivity index (χ1) is 11.1. The molecule has 1 heterocycles. The normalized spacial score (nSPS) is 11.2. The molecule has 0 radical (unpaired) electrons. The topological polar surface area (TPSA) is 90.5 Å². The molecule has 0 atom stereocenters. The number of aromatic carboxylic acids is 1. The first kappa shape index (κ1) is 17.3. The van der Waals surface area contributed by atoms with Crippen LogP contribution >= 0.6 is 0 Å². The van der Waals surface area contributed by atoms with Gasteiger partial charge >= 0.3 is 12.1 Å². The SMILES string of the molecule is CC(=O)N(c1cccc(C(F)(F)F)c1)c1[nH]c(=O)ccc1C(=O)O. The highest BCUT2D eigenvalue weighted by Gasteiger charge is 2.32. The van der Waals surface area contributed by atoms with Gasteiger partial charge in [-0.2, -0.15) is 13.2 Å². The van der Waals surface area contributed by atoms with E-state index in [2.05, 4.69) is 4.98 Å². The molecule has 0 fully saturated rings. The molecule has 0 saturated heterocycles. The van der Waals surface area contributed by atoms with Crippen LogP contribution in [0, 0.1) is 0 Å². The molecule has 24 heavy (non-hydrogen) atoms. The highest BCUT2D eigenvalue weighted by molar-refractivity contribution is 6.04. The van der Waals surface area contributed by atoms with Crippen LogP contribution in [0.2, 0.25) is 0 Å². The zero-order chi connectivity index (χ0) is 18.1. The number of amides is 1. The number of carbonyl (C=O) groups excluding carboxylic acids is 1. The predicted octanol–water partition coefficient (Wildman–Crippen LogP) is 2.78. The Labute approximate surface area is 133 Å². The third-order valence-electron chi connectivity index (χ3n) is 3.10. The van der Waals surface area contributed by atoms with Gasteiger partial charge in [0, 0.05) is 13.0 Å². The summed E-state index contributed by atoms with van der Waals surface area (Å²) in [6.45, 7) is 1.04. The number of hydrogen-bond donors (Lipinski definition) is 2. The second kappa shape index (κ2) is 6.19. The number of rotatable bonds is 3. The van der Waals surface area contributed by atoms with Gasteiger partial charge in [0.15, 0.2) is 0 Å². The maximum absolute atomic E-state index is 12.9. The fraction of sp³-hybridized carbons (Fsp3) is 0.133. The predicted molar refractivity (Wildman–Crippen MR) is 78.3 cm³/mol. The lowest BCUT2D eigenvalue weighted by Crippen LogP contribution is -2.28. The number of nitrogens with zero attached hydrogens (tertiary/aromatic N) is 1. The molecule has 9 heteroatoms. The average molecular weight is 340 g/mol. The van der Waals surface area contributed by atoms with Crippen molar-refractivity contribution in [2.45, 2.75) is 13.1 Å². The second-order valence-corrected chi connectivity index (χ2v) is 4.79. The van der Waals surface area contributed by atoms with Crippen molar-refractivity contribution in [3.8, 4) is 0 Å². The third kappa shape index (κ3) is 3.45. The van der Waals surface area contributed by atoms with E-state index < -0.39 is 40.6 Å². The maximum Gasteiger partial charge on any atom is 0.416 e. The largest absolute Gasteiger partial charge is 0.478 e. The summed E-state index contributed by atoms with van der Waals surface area (Å²) in [5.41, 5.74) is -2.36. The van der Waals surface area contributed by atoms with Crippen LogP contribution in [0.3, 0.4) is 0 Å². The number of hydrogen-bond acceptors (Lipinski definition) is 3. The van der Waals surface area contributed by atoms with Crippen LogP contribution < -0.4 is 10.5 Å². The maximum atomic E-state index is 12.9. The number of alkyl halides is 3. The molecule has 2 aromatic rings. The molecule has 0 spiro atoms. The lowest BCUT2D eigenvalue weighted by Gasteiger charge is -2.23. The molecule has 6 nitrogen and oxygen atoms in total. The van der Waals surface area contributed by atoms with Crippen molar-refractivity contribution in [3.05, 3.63) is 57.9 Å². The molecule has 1 aromatic heterocycles. The minimum Gasteiger partial charge on any atom is -0.478 e. The van der Waals surface area contributed by atoms with E-state index in [0.717, 1.165) is 31.2 Å². The van der Waals surface area contributed by atoms with Crippen LogP contribution in [0.15, 0.2) is 41.2 Å². The molecular formula is C15H11F3N2O4. The van der Waals surface area contributed by atoms with Crippen molar-refractivity contribution in [3.63, 3.8) is 0 Å². The molecule has 2 N–H and O–H groups in total. The molecule has 126 valence electrons. The first-order valence-corrected chi connectivity index (χ1v) is 6.56. The van der Waals surface area contributed by atoms with E-state index in [1.165, 1.54) is 6.07 Å². The highest BCUT2D eigenvalue weighted by Crippen LogP contribution is 2.34. The van der Waals surface area contributed by atoms with Gasteiger partial charge in [0.2, 0.25) is 11.5 Å². The van der Waals surface area contributed by atoms with E-state index in [0.29, 0.717) is 11.0 Å². The van der Waals surface area contributed by atoms with E-state index in [1.807, 2.05) is 0 Å². The van der Waals surface area contributed by atoms with E-state index in [-0.39, 0.29) is 5.69 Å². The first-order valence-electron chi connectivity index (χ1n) is 6.56. The Balaban J connectivity index is 2.69. The van der Waals surface area contributed by atoms with Crippen LogP contribution in [0.1, 0.15) is 22.8 Å². The van der Waals surface area contributed by atoms with Gasteiger partial charge in [-0.3, -0.25) is 14.5 Å². The molecule has 0 aliphatic heterocycles. The number of carboxylic acid groups (broad SMARTS) is 1. The molecule has 1 amide bonds. The van der Waals surface area contributed by atoms with E-state index in [4.69, 9.17) is 0 Å². The standard InChI is InChI=1S/C15H11F3N2O4/c1-8(21)20(10-4-2-3-9(7-10)15(16,17)18)13-11(14(23)24)5-6-12(22)19-13/h2-7H,1H3,(H,19,22)(H,23,24). The van der Waals surface area contributed by atoms with Crippen molar-refractivity contribution >= 4 is 23.4 Å². The lowest BCUT2D eigenvalue weighted by atomic mass is 10.1. The molecule has 0 aliphatic rings. The molecule has 1 aromatic carbocycles. The molecule has 0 aliphatic carbocycles. The van der Waals surface area contributed by atoms with Gasteiger partial charge in [-0.15, -0.1) is 0 Å². The van der Waals surface area contributed by atoms with Gasteiger partial charge in [-0.25, -0.2) is 4.79 Å². The Kier molecular flexibility index (Phi) is 4.45. The summed E-state index contributed by atoms with van der Waals surface area (Å²) >= 11 is 0. The van der Waals surface area contributed by atoms with Crippen molar-refractivity contribution in [1.82, 2.24) is 4.98 Å². The Morgan fingerprint density at radius 2 is 1.83 bits per heavy atom. The van der Waals surface area contributed by atoms with Gasteiger partial charge in [0.05, 0.1) is 11.3 Å². The summed E-state index contributed by atoms with van der Waals surface area (Å²) in [7, 11) is 0. The van der Waals surface area contributed by atoms with Gasteiger partial charge in [-0.05, 0) is 24.3 Å². The van der Waals surface area contributed by atoms with Gasteiger partial charge in [0.25, 0.3) is 0 Å². The van der Waals surface area contributed by atoms with Crippen molar-refractivity contribution in [2.75, 3.05) is 4.90 Å². The number of anilines is 2. The molecular weight excluding hydrogens is 329 g/mol. The quantitative estimate of drug-likeness (QED) is 0.899. The van der Waals surface area contributed by atoms with Crippen molar-refractivity contribution < 1.29 is 27.9 Å². The Bertz CT molecular complexity index is 858. The monoisotopic (exact) mass is 340 g/mol. The fourth-order valence-electron chi connectivity index (χ4n) is 2.10. The highest BCUT2D eigenvalue weighted by atomic mass is 19.4. The summed E-state index contributed by atoms with van der Waals surface area (Å²) in [5.74, 6) is -2.63. The average Bonchev–Trinajstić information content (AvgIpc) is 2.46. The van der Waals surface area contributed by atoms with Crippen LogP contribution in [-0.4, -0.2) is 22.0 Å². The summed E-state index contributed by atoms with van der Waals surface area (Å²) < 4.78 is 38.6. The number of halogens is 3. The Morgan fingerprint density at radius 1 is 1.17 bits per heavy atom. The Morgan fingerprint density at radius 3 is 2.38 bits per heavy atom. The lowest BCUT2D eigenvalue weighted by molar-refractivity contribution is -0.137. The van der Waals surface area contributed by atoms with Crippen LogP contribution in [0.5, 0.6) is 0 Å². The molecule has 2 rings (SSSR count). The minimum absolute atomic E-state index is 0.221. The summed E-state index contributed by atoms with van der Waals surface area (Å²) in [6.07, 6.45) is -4.64. The number of aromatic nitrogens is 1. The number of carboxylic acids is 1. The van der Waals surface area contributed by atoms with Gasteiger partial charge in [0.1, 0.15) is 11.4 Å². The number of carbonyl (C=O) groups is 2. The number of H-pyrrole nitrogens is 1. The number of pyridine rings is 1. The van der Waals surface area contributed by atoms with Gasteiger partial charge < -0.3 is 10.1 Å².